The molecule has 1 spiro atoms. The Bertz CT molecular complexity index is 1540. The SMILES string of the molecule is COc1ccc(NC(=O)N2CCC3(CC2)C(=O)N(CC(=O)NCc2ccc4c(c2)OCO4)CN3c2ccccc2)c(OC)c1. The fourth-order valence-electron chi connectivity index (χ4n) is 5.98. The predicted octanol–water partition coefficient (Wildman–Crippen LogP) is 3.42. The third-order valence-electron chi connectivity index (χ3n) is 8.37. The fourth-order valence-corrected chi connectivity index (χ4v) is 5.98. The summed E-state index contributed by atoms with van der Waals surface area (Å²) in [5, 5.41) is 5.84. The summed E-state index contributed by atoms with van der Waals surface area (Å²) in [6, 6.07) is 20.1. The van der Waals surface area contributed by atoms with E-state index in [-0.39, 0.29) is 37.9 Å². The highest BCUT2D eigenvalue weighted by Gasteiger charge is 2.54. The maximum Gasteiger partial charge on any atom is 0.321 e. The second-order valence-corrected chi connectivity index (χ2v) is 10.9. The Kier molecular flexibility index (Phi) is 8.05. The summed E-state index contributed by atoms with van der Waals surface area (Å²) in [4.78, 5) is 45.7. The molecule has 3 aromatic rings. The van der Waals surface area contributed by atoms with E-state index in [1.165, 1.54) is 7.11 Å². The average Bonchev–Trinajstić information content (AvgIpc) is 3.63. The minimum absolute atomic E-state index is 0.0735. The van der Waals surface area contributed by atoms with Crippen molar-refractivity contribution in [1.82, 2.24) is 15.1 Å². The zero-order valence-corrected chi connectivity index (χ0v) is 24.7. The van der Waals surface area contributed by atoms with Gasteiger partial charge in [-0.25, -0.2) is 4.79 Å². The summed E-state index contributed by atoms with van der Waals surface area (Å²) in [6.07, 6.45) is 0.840. The van der Waals surface area contributed by atoms with E-state index in [1.807, 2.05) is 48.5 Å². The van der Waals surface area contributed by atoms with Gasteiger partial charge < -0.3 is 44.3 Å². The number of fused-ring (bicyclic) bond motifs is 1. The molecule has 4 amide bonds. The van der Waals surface area contributed by atoms with Crippen molar-refractivity contribution in [3.05, 3.63) is 72.3 Å². The Labute approximate surface area is 255 Å². The number of anilines is 2. The van der Waals surface area contributed by atoms with Gasteiger partial charge in [-0.3, -0.25) is 9.59 Å². The quantitative estimate of drug-likeness (QED) is 0.403. The molecule has 2 saturated heterocycles. The number of nitrogens with one attached hydrogen (secondary N) is 2. The van der Waals surface area contributed by atoms with Crippen LogP contribution in [0, 0.1) is 0 Å². The number of amides is 4. The largest absolute Gasteiger partial charge is 0.497 e. The molecule has 12 heteroatoms. The molecule has 0 atom stereocenters. The van der Waals surface area contributed by atoms with Crippen LogP contribution in [0.3, 0.4) is 0 Å². The van der Waals surface area contributed by atoms with Gasteiger partial charge in [0.15, 0.2) is 11.5 Å². The highest BCUT2D eigenvalue weighted by atomic mass is 16.7. The minimum Gasteiger partial charge on any atom is -0.497 e. The van der Waals surface area contributed by atoms with Gasteiger partial charge in [-0.1, -0.05) is 24.3 Å². The molecule has 3 aliphatic rings. The Morgan fingerprint density at radius 1 is 0.932 bits per heavy atom. The number of nitrogens with zero attached hydrogens (tertiary/aromatic N) is 3. The summed E-state index contributed by atoms with van der Waals surface area (Å²) in [6.45, 7) is 1.41. The molecule has 230 valence electrons. The van der Waals surface area contributed by atoms with Crippen LogP contribution in [-0.4, -0.2) is 80.5 Å². The second kappa shape index (κ2) is 12.2. The van der Waals surface area contributed by atoms with E-state index in [9.17, 15) is 14.4 Å². The first-order chi connectivity index (χ1) is 21.4. The van der Waals surface area contributed by atoms with Gasteiger partial charge in [0, 0.05) is 31.4 Å². The number of rotatable bonds is 8. The van der Waals surface area contributed by atoms with E-state index in [0.29, 0.717) is 61.2 Å². The van der Waals surface area contributed by atoms with Crippen LogP contribution in [0.4, 0.5) is 16.2 Å². The second-order valence-electron chi connectivity index (χ2n) is 10.9. The molecule has 0 aromatic heterocycles. The van der Waals surface area contributed by atoms with Crippen LogP contribution < -0.4 is 34.5 Å². The molecule has 0 radical (unpaired) electrons. The van der Waals surface area contributed by atoms with Crippen molar-refractivity contribution in [3.63, 3.8) is 0 Å². The first-order valence-corrected chi connectivity index (χ1v) is 14.5. The number of urea groups is 1. The number of methoxy groups -OCH3 is 2. The predicted molar refractivity (Wildman–Crippen MR) is 162 cm³/mol. The van der Waals surface area contributed by atoms with E-state index in [2.05, 4.69) is 15.5 Å². The molecular weight excluding hydrogens is 566 g/mol. The number of carbonyl (C=O) groups excluding carboxylic acids is 3. The van der Waals surface area contributed by atoms with Gasteiger partial charge in [0.05, 0.1) is 26.6 Å². The van der Waals surface area contributed by atoms with Crippen LogP contribution in [0.5, 0.6) is 23.0 Å². The van der Waals surface area contributed by atoms with Gasteiger partial charge in [0.1, 0.15) is 23.6 Å². The van der Waals surface area contributed by atoms with Crippen LogP contribution in [-0.2, 0) is 16.1 Å². The lowest BCUT2D eigenvalue weighted by molar-refractivity contribution is -0.137. The molecule has 0 aliphatic carbocycles. The van der Waals surface area contributed by atoms with E-state index in [4.69, 9.17) is 18.9 Å². The number of benzene rings is 3. The standard InChI is InChI=1S/C32H35N5O7/c1-41-24-9-10-25(27(17-24)42-2)34-31(40)35-14-12-32(13-15-35)30(39)36(20-37(32)23-6-4-3-5-7-23)19-29(38)33-18-22-8-11-26-28(16-22)44-21-43-26/h3-11,16-17H,12-15,18-21H2,1-2H3,(H,33,38)(H,34,40). The third kappa shape index (κ3) is 5.62. The van der Waals surface area contributed by atoms with E-state index in [1.54, 1.807) is 35.1 Å². The Balaban J connectivity index is 1.12. The molecule has 3 heterocycles. The van der Waals surface area contributed by atoms with Crippen molar-refractivity contribution in [2.75, 3.05) is 57.5 Å². The number of carbonyl (C=O) groups is 3. The van der Waals surface area contributed by atoms with Crippen molar-refractivity contribution >= 4 is 29.2 Å². The highest BCUT2D eigenvalue weighted by molar-refractivity contribution is 5.97. The molecule has 0 bridgehead atoms. The van der Waals surface area contributed by atoms with E-state index in [0.717, 1.165) is 11.3 Å². The van der Waals surface area contributed by atoms with Crippen molar-refractivity contribution in [1.29, 1.82) is 0 Å². The number of piperidine rings is 1. The lowest BCUT2D eigenvalue weighted by Gasteiger charge is -2.43. The van der Waals surface area contributed by atoms with Crippen molar-refractivity contribution in [3.8, 4) is 23.0 Å². The normalized spacial score (nSPS) is 16.7. The number of ether oxygens (including phenoxy) is 4. The maximum absolute atomic E-state index is 14.0. The van der Waals surface area contributed by atoms with Gasteiger partial charge in [-0.15, -0.1) is 0 Å². The molecule has 2 N–H and O–H groups in total. The summed E-state index contributed by atoms with van der Waals surface area (Å²) >= 11 is 0. The molecule has 2 fully saturated rings. The summed E-state index contributed by atoms with van der Waals surface area (Å²) < 4.78 is 21.4. The lowest BCUT2D eigenvalue weighted by Crippen LogP contribution is -2.58. The number of likely N-dealkylation sites (tertiary alicyclic amines) is 1. The van der Waals surface area contributed by atoms with Crippen molar-refractivity contribution < 1.29 is 33.3 Å². The average molecular weight is 602 g/mol. The lowest BCUT2D eigenvalue weighted by atomic mass is 9.85. The van der Waals surface area contributed by atoms with Crippen LogP contribution >= 0.6 is 0 Å². The van der Waals surface area contributed by atoms with E-state index < -0.39 is 5.54 Å². The topological polar surface area (TPSA) is 122 Å². The molecule has 3 aliphatic heterocycles. The summed E-state index contributed by atoms with van der Waals surface area (Å²) in [5.74, 6) is 2.06. The molecule has 0 saturated carbocycles. The first kappa shape index (κ1) is 29.0. The monoisotopic (exact) mass is 601 g/mol. The Hall–Kier alpha value is -5.13. The Morgan fingerprint density at radius 3 is 2.45 bits per heavy atom. The number of hydrogen-bond acceptors (Lipinski definition) is 8. The van der Waals surface area contributed by atoms with Crippen LogP contribution in [0.2, 0.25) is 0 Å². The van der Waals surface area contributed by atoms with Crippen molar-refractivity contribution in [2.24, 2.45) is 0 Å². The van der Waals surface area contributed by atoms with Gasteiger partial charge in [0.2, 0.25) is 12.7 Å². The molecular formula is C32H35N5O7. The smallest absolute Gasteiger partial charge is 0.321 e. The summed E-state index contributed by atoms with van der Waals surface area (Å²) in [7, 11) is 3.09. The Morgan fingerprint density at radius 2 is 1.70 bits per heavy atom. The van der Waals surface area contributed by atoms with Gasteiger partial charge in [-0.05, 0) is 54.8 Å². The van der Waals surface area contributed by atoms with Gasteiger partial charge in [0.25, 0.3) is 5.91 Å². The van der Waals surface area contributed by atoms with Gasteiger partial charge >= 0.3 is 6.03 Å². The first-order valence-electron chi connectivity index (χ1n) is 14.5. The third-order valence-corrected chi connectivity index (χ3v) is 8.37. The van der Waals surface area contributed by atoms with Crippen LogP contribution in [0.25, 0.3) is 0 Å². The van der Waals surface area contributed by atoms with Crippen LogP contribution in [0.1, 0.15) is 18.4 Å². The maximum atomic E-state index is 14.0. The molecule has 0 unspecified atom stereocenters. The number of para-hydroxylation sites is 1. The highest BCUT2D eigenvalue weighted by Crippen LogP contribution is 2.40. The van der Waals surface area contributed by atoms with Crippen molar-refractivity contribution in [2.45, 2.75) is 24.9 Å². The fraction of sp³-hybridized carbons (Fsp3) is 0.344. The zero-order valence-electron chi connectivity index (χ0n) is 24.7. The molecule has 44 heavy (non-hydrogen) atoms. The molecule has 12 nitrogen and oxygen atoms in total. The zero-order chi connectivity index (χ0) is 30.7. The summed E-state index contributed by atoms with van der Waals surface area (Å²) in [5.41, 5.74) is 1.42. The van der Waals surface area contributed by atoms with Crippen LogP contribution in [0.15, 0.2) is 66.7 Å². The minimum atomic E-state index is -0.868. The molecule has 6 rings (SSSR count). The number of hydrogen-bond donors (Lipinski definition) is 2. The van der Waals surface area contributed by atoms with E-state index >= 15 is 0 Å². The molecule has 3 aromatic carbocycles. The van der Waals surface area contributed by atoms with Gasteiger partial charge in [-0.2, -0.15) is 0 Å².